The summed E-state index contributed by atoms with van der Waals surface area (Å²) in [5.41, 5.74) is 1.80. The van der Waals surface area contributed by atoms with Crippen LogP contribution in [-0.2, 0) is 6.54 Å². The third kappa shape index (κ3) is 3.56. The van der Waals surface area contributed by atoms with Crippen LogP contribution in [0.4, 0.5) is 0 Å². The van der Waals surface area contributed by atoms with Gasteiger partial charge >= 0.3 is 7.12 Å². The highest BCUT2D eigenvalue weighted by atomic mass is 16.4. The van der Waals surface area contributed by atoms with Crippen LogP contribution < -0.4 is 5.46 Å². The molecule has 1 heterocycles. The van der Waals surface area contributed by atoms with Crippen LogP contribution in [0.15, 0.2) is 24.3 Å². The van der Waals surface area contributed by atoms with Crippen molar-refractivity contribution in [2.45, 2.75) is 26.3 Å². The minimum atomic E-state index is -1.36. The number of likely N-dealkylation sites (tertiary alicyclic amines) is 1. The molecule has 1 aliphatic rings. The number of piperidine rings is 1. The van der Waals surface area contributed by atoms with Gasteiger partial charge in [-0.25, -0.2) is 0 Å². The Kier molecular flexibility index (Phi) is 4.21. The van der Waals surface area contributed by atoms with Gasteiger partial charge in [0.05, 0.1) is 0 Å². The summed E-state index contributed by atoms with van der Waals surface area (Å²) in [4.78, 5) is 2.47. The minimum absolute atomic E-state index is 0.556. The highest BCUT2D eigenvalue weighted by Crippen LogP contribution is 2.17. The summed E-state index contributed by atoms with van der Waals surface area (Å²) >= 11 is 0. The zero-order valence-electron chi connectivity index (χ0n) is 10.3. The maximum atomic E-state index is 9.02. The first kappa shape index (κ1) is 12.6. The van der Waals surface area contributed by atoms with E-state index in [-0.39, 0.29) is 0 Å². The molecule has 0 spiro atoms. The van der Waals surface area contributed by atoms with Crippen molar-refractivity contribution in [1.29, 1.82) is 0 Å². The van der Waals surface area contributed by atoms with Crippen LogP contribution in [-0.4, -0.2) is 35.2 Å². The average molecular weight is 233 g/mol. The van der Waals surface area contributed by atoms with E-state index < -0.39 is 7.12 Å². The smallest absolute Gasteiger partial charge is 0.423 e. The Morgan fingerprint density at radius 1 is 1.29 bits per heavy atom. The van der Waals surface area contributed by atoms with Gasteiger partial charge < -0.3 is 10.0 Å². The van der Waals surface area contributed by atoms with Crippen LogP contribution in [0.25, 0.3) is 0 Å². The van der Waals surface area contributed by atoms with Crippen LogP contribution >= 0.6 is 0 Å². The monoisotopic (exact) mass is 233 g/mol. The van der Waals surface area contributed by atoms with E-state index >= 15 is 0 Å². The molecule has 1 saturated heterocycles. The molecule has 2 rings (SSSR count). The summed E-state index contributed by atoms with van der Waals surface area (Å²) < 4.78 is 0. The van der Waals surface area contributed by atoms with E-state index in [9.17, 15) is 0 Å². The largest absolute Gasteiger partial charge is 0.488 e. The molecule has 1 aliphatic heterocycles. The van der Waals surface area contributed by atoms with Crippen LogP contribution in [0.3, 0.4) is 0 Å². The minimum Gasteiger partial charge on any atom is -0.423 e. The summed E-state index contributed by atoms with van der Waals surface area (Å²) in [5.74, 6) is 0.794. The van der Waals surface area contributed by atoms with Gasteiger partial charge in [-0.1, -0.05) is 31.2 Å². The number of rotatable bonds is 3. The van der Waals surface area contributed by atoms with E-state index in [0.29, 0.717) is 5.46 Å². The fourth-order valence-corrected chi connectivity index (χ4v) is 2.48. The van der Waals surface area contributed by atoms with E-state index in [1.54, 1.807) is 12.1 Å². The second-order valence-corrected chi connectivity index (χ2v) is 5.10. The maximum Gasteiger partial charge on any atom is 0.488 e. The highest BCUT2D eigenvalue weighted by Gasteiger charge is 2.16. The summed E-state index contributed by atoms with van der Waals surface area (Å²) in [7, 11) is -1.36. The number of benzene rings is 1. The molecule has 0 saturated carbocycles. The molecule has 1 aromatic rings. The molecule has 1 atom stereocenters. The van der Waals surface area contributed by atoms with Crippen molar-refractivity contribution in [3.8, 4) is 0 Å². The van der Waals surface area contributed by atoms with Crippen molar-refractivity contribution < 1.29 is 10.0 Å². The Labute approximate surface area is 103 Å². The molecule has 1 unspecified atom stereocenters. The van der Waals surface area contributed by atoms with Gasteiger partial charge in [0.1, 0.15) is 0 Å². The molecule has 4 heteroatoms. The topological polar surface area (TPSA) is 43.7 Å². The average Bonchev–Trinajstić information content (AvgIpc) is 2.29. The quantitative estimate of drug-likeness (QED) is 0.751. The lowest BCUT2D eigenvalue weighted by atomic mass is 9.80. The molecular formula is C13H20BNO2. The van der Waals surface area contributed by atoms with Gasteiger partial charge in [0.25, 0.3) is 0 Å². The molecule has 2 N–H and O–H groups in total. The Morgan fingerprint density at radius 3 is 2.59 bits per heavy atom. The van der Waals surface area contributed by atoms with Crippen molar-refractivity contribution in [2.75, 3.05) is 13.1 Å². The molecule has 0 bridgehead atoms. The van der Waals surface area contributed by atoms with E-state index in [1.165, 1.54) is 31.5 Å². The zero-order chi connectivity index (χ0) is 12.3. The number of nitrogens with zero attached hydrogens (tertiary/aromatic N) is 1. The Morgan fingerprint density at radius 2 is 2.00 bits per heavy atom. The Bertz CT molecular complexity index is 353. The van der Waals surface area contributed by atoms with Crippen molar-refractivity contribution in [1.82, 2.24) is 4.90 Å². The van der Waals surface area contributed by atoms with Gasteiger partial charge in [-0.2, -0.15) is 0 Å². The lowest BCUT2D eigenvalue weighted by molar-refractivity contribution is 0.176. The zero-order valence-corrected chi connectivity index (χ0v) is 10.3. The summed E-state index contributed by atoms with van der Waals surface area (Å²) in [6.45, 7) is 5.61. The van der Waals surface area contributed by atoms with Gasteiger partial charge in [0, 0.05) is 13.1 Å². The van der Waals surface area contributed by atoms with E-state index in [4.69, 9.17) is 10.0 Å². The van der Waals surface area contributed by atoms with Crippen LogP contribution in [0.2, 0.25) is 0 Å². The van der Waals surface area contributed by atoms with Gasteiger partial charge in [-0.05, 0) is 36.3 Å². The molecule has 1 aromatic carbocycles. The van der Waals surface area contributed by atoms with Gasteiger partial charge in [0.2, 0.25) is 0 Å². The molecule has 1 fully saturated rings. The van der Waals surface area contributed by atoms with Crippen LogP contribution in [0.1, 0.15) is 25.3 Å². The third-order valence-corrected chi connectivity index (χ3v) is 3.43. The molecule has 0 amide bonds. The molecule has 0 radical (unpaired) electrons. The first-order valence-corrected chi connectivity index (χ1v) is 6.32. The molecule has 0 aliphatic carbocycles. The first-order valence-electron chi connectivity index (χ1n) is 6.32. The molecule has 0 aromatic heterocycles. The maximum absolute atomic E-state index is 9.02. The van der Waals surface area contributed by atoms with Gasteiger partial charge in [-0.3, -0.25) is 4.90 Å². The van der Waals surface area contributed by atoms with Crippen LogP contribution in [0, 0.1) is 5.92 Å². The Hall–Kier alpha value is -0.835. The van der Waals surface area contributed by atoms with Gasteiger partial charge in [-0.15, -0.1) is 0 Å². The summed E-state index contributed by atoms with van der Waals surface area (Å²) in [6, 6.07) is 7.53. The third-order valence-electron chi connectivity index (χ3n) is 3.43. The van der Waals surface area contributed by atoms with Crippen LogP contribution in [0.5, 0.6) is 0 Å². The molecule has 17 heavy (non-hydrogen) atoms. The fraction of sp³-hybridized carbons (Fsp3) is 0.538. The summed E-state index contributed by atoms with van der Waals surface area (Å²) in [6.07, 6.45) is 2.63. The van der Waals surface area contributed by atoms with Crippen molar-refractivity contribution >= 4 is 12.6 Å². The SMILES string of the molecule is CC1CCCN(Cc2ccc(B(O)O)cc2)C1. The standard InChI is InChI=1S/C13H20BNO2/c1-11-3-2-8-15(9-11)10-12-4-6-13(7-5-12)14(16)17/h4-7,11,16-17H,2-3,8-10H2,1H3. The molecule has 92 valence electrons. The lowest BCUT2D eigenvalue weighted by Gasteiger charge is -2.30. The van der Waals surface area contributed by atoms with E-state index in [1.807, 2.05) is 12.1 Å². The van der Waals surface area contributed by atoms with Crippen molar-refractivity contribution in [3.05, 3.63) is 29.8 Å². The molecular weight excluding hydrogens is 213 g/mol. The predicted octanol–water partition coefficient (Wildman–Crippen LogP) is 0.598. The van der Waals surface area contributed by atoms with Crippen molar-refractivity contribution in [3.63, 3.8) is 0 Å². The van der Waals surface area contributed by atoms with E-state index in [0.717, 1.165) is 12.5 Å². The first-order chi connectivity index (χ1) is 8.15. The highest BCUT2D eigenvalue weighted by molar-refractivity contribution is 6.58. The fourth-order valence-electron chi connectivity index (χ4n) is 2.48. The van der Waals surface area contributed by atoms with Gasteiger partial charge in [0.15, 0.2) is 0 Å². The number of hydrogen-bond acceptors (Lipinski definition) is 3. The summed E-state index contributed by atoms with van der Waals surface area (Å²) in [5, 5.41) is 18.0. The second-order valence-electron chi connectivity index (χ2n) is 5.10. The van der Waals surface area contributed by atoms with Crippen molar-refractivity contribution in [2.24, 2.45) is 5.92 Å². The number of hydrogen-bond donors (Lipinski definition) is 2. The normalized spacial score (nSPS) is 21.5. The molecule has 3 nitrogen and oxygen atoms in total. The predicted molar refractivity (Wildman–Crippen MR) is 69.9 cm³/mol. The van der Waals surface area contributed by atoms with E-state index in [2.05, 4.69) is 11.8 Å². The lowest BCUT2D eigenvalue weighted by Crippen LogP contribution is -2.34. The second kappa shape index (κ2) is 5.67. The Balaban J connectivity index is 1.94.